The van der Waals surface area contributed by atoms with E-state index in [0.29, 0.717) is 23.0 Å². The van der Waals surface area contributed by atoms with Gasteiger partial charge in [-0.1, -0.05) is 153 Å². The van der Waals surface area contributed by atoms with E-state index in [1.54, 1.807) is 0 Å². The van der Waals surface area contributed by atoms with E-state index in [9.17, 15) is 5.26 Å². The van der Waals surface area contributed by atoms with Crippen molar-refractivity contribution < 1.29 is 0 Å². The number of hydrogen-bond acceptors (Lipinski definition) is 4. The van der Waals surface area contributed by atoms with Gasteiger partial charge in [-0.05, 0) is 73.5 Å². The van der Waals surface area contributed by atoms with Crippen molar-refractivity contribution in [3.8, 4) is 73.6 Å². The van der Waals surface area contributed by atoms with Gasteiger partial charge in [-0.25, -0.2) is 15.0 Å². The van der Waals surface area contributed by atoms with Gasteiger partial charge in [0, 0.05) is 22.1 Å². The molecule has 0 radical (unpaired) electrons. The van der Waals surface area contributed by atoms with Crippen LogP contribution in [0.4, 0.5) is 0 Å². The normalized spacial score (nSPS) is 12.6. The second kappa shape index (κ2) is 12.0. The molecule has 0 spiro atoms. The lowest BCUT2D eigenvalue weighted by molar-refractivity contribution is 0.660. The first-order valence-corrected chi connectivity index (χ1v) is 17.2. The van der Waals surface area contributed by atoms with Gasteiger partial charge in [0.2, 0.25) is 0 Å². The van der Waals surface area contributed by atoms with Crippen LogP contribution in [0.15, 0.2) is 158 Å². The van der Waals surface area contributed by atoms with Crippen LogP contribution in [0, 0.1) is 11.3 Å². The topological polar surface area (TPSA) is 62.5 Å². The second-order valence-corrected chi connectivity index (χ2v) is 13.6. The lowest BCUT2D eigenvalue weighted by Gasteiger charge is -2.23. The van der Waals surface area contributed by atoms with Crippen LogP contribution in [0.5, 0.6) is 0 Å². The van der Waals surface area contributed by atoms with Crippen LogP contribution in [0.1, 0.15) is 30.5 Å². The Bertz CT molecular complexity index is 2600. The van der Waals surface area contributed by atoms with E-state index in [2.05, 4.69) is 111 Å². The molecule has 4 nitrogen and oxygen atoms in total. The Morgan fingerprint density at radius 1 is 0.451 bits per heavy atom. The highest BCUT2D eigenvalue weighted by Crippen LogP contribution is 2.51. The van der Waals surface area contributed by atoms with E-state index in [4.69, 9.17) is 15.0 Å². The van der Waals surface area contributed by atoms with Crippen LogP contribution in [-0.2, 0) is 5.41 Å². The summed E-state index contributed by atoms with van der Waals surface area (Å²) in [6, 6.07) is 57.0. The molecule has 0 atom stereocenters. The van der Waals surface area contributed by atoms with Crippen molar-refractivity contribution in [1.29, 1.82) is 5.26 Å². The van der Waals surface area contributed by atoms with E-state index in [1.165, 1.54) is 44.2 Å². The molecule has 0 unspecified atom stereocenters. The molecule has 240 valence electrons. The number of nitrogens with zero attached hydrogens (tertiary/aromatic N) is 4. The summed E-state index contributed by atoms with van der Waals surface area (Å²) >= 11 is 0. The Hall–Kier alpha value is -6.70. The fourth-order valence-corrected chi connectivity index (χ4v) is 7.52. The molecule has 1 heterocycles. The molecule has 9 rings (SSSR count). The number of fused-ring (bicyclic) bond motifs is 4. The third-order valence-electron chi connectivity index (χ3n) is 10.2. The average molecular weight is 653 g/mol. The monoisotopic (exact) mass is 652 g/mol. The molecule has 8 aromatic rings. The first kappa shape index (κ1) is 30.4. The van der Waals surface area contributed by atoms with Gasteiger partial charge in [0.05, 0.1) is 11.6 Å². The van der Waals surface area contributed by atoms with Crippen molar-refractivity contribution >= 4 is 10.8 Å². The second-order valence-electron chi connectivity index (χ2n) is 13.6. The molecular weight excluding hydrogens is 621 g/mol. The van der Waals surface area contributed by atoms with Gasteiger partial charge in [0.15, 0.2) is 17.5 Å². The largest absolute Gasteiger partial charge is 0.208 e. The third kappa shape index (κ3) is 5.19. The smallest absolute Gasteiger partial charge is 0.164 e. The summed E-state index contributed by atoms with van der Waals surface area (Å²) in [6.07, 6.45) is 0. The van der Waals surface area contributed by atoms with Crippen LogP contribution < -0.4 is 0 Å². The van der Waals surface area contributed by atoms with Gasteiger partial charge in [-0.2, -0.15) is 5.26 Å². The summed E-state index contributed by atoms with van der Waals surface area (Å²) in [5, 5.41) is 12.0. The Morgan fingerprint density at radius 2 is 0.941 bits per heavy atom. The molecule has 7 aromatic carbocycles. The van der Waals surface area contributed by atoms with Crippen LogP contribution in [0.3, 0.4) is 0 Å². The summed E-state index contributed by atoms with van der Waals surface area (Å²) in [5.41, 5.74) is 12.8. The Kier molecular flexibility index (Phi) is 7.15. The molecule has 0 fully saturated rings. The fourth-order valence-electron chi connectivity index (χ4n) is 7.52. The fraction of sp³-hybridized carbons (Fsp3) is 0.0638. The molecule has 0 bridgehead atoms. The van der Waals surface area contributed by atoms with Crippen molar-refractivity contribution in [2.75, 3.05) is 0 Å². The maximum Gasteiger partial charge on any atom is 0.164 e. The molecule has 1 aromatic heterocycles. The standard InChI is InChI=1S/C47H32N4/c1-47(2)41-27-30(29-48)17-24-39(41)40-26-23-36(28-42(40)47)43-37-16-10-9-11-31(37)22-25-38(43)32-18-20-35(21-19-32)46-50-44(33-12-5-3-6-13-33)49-45(51-46)34-14-7-4-8-15-34/h3-28H,1-2H3. The number of benzene rings is 7. The molecule has 0 aliphatic heterocycles. The lowest BCUT2D eigenvalue weighted by Crippen LogP contribution is -2.15. The zero-order valence-corrected chi connectivity index (χ0v) is 28.3. The summed E-state index contributed by atoms with van der Waals surface area (Å²) in [4.78, 5) is 14.7. The highest BCUT2D eigenvalue weighted by Gasteiger charge is 2.36. The predicted molar refractivity (Wildman–Crippen MR) is 207 cm³/mol. The lowest BCUT2D eigenvalue weighted by atomic mass is 9.80. The van der Waals surface area contributed by atoms with E-state index in [-0.39, 0.29) is 5.41 Å². The van der Waals surface area contributed by atoms with E-state index >= 15 is 0 Å². The first-order chi connectivity index (χ1) is 25.0. The van der Waals surface area contributed by atoms with Crippen molar-refractivity contribution in [2.24, 2.45) is 0 Å². The highest BCUT2D eigenvalue weighted by molar-refractivity contribution is 6.05. The molecule has 4 heteroatoms. The van der Waals surface area contributed by atoms with Crippen LogP contribution in [0.2, 0.25) is 0 Å². The highest BCUT2D eigenvalue weighted by atomic mass is 15.0. The number of nitriles is 1. The maximum atomic E-state index is 9.63. The zero-order chi connectivity index (χ0) is 34.5. The third-order valence-corrected chi connectivity index (χ3v) is 10.2. The molecule has 0 amide bonds. The molecular formula is C47H32N4. The number of aromatic nitrogens is 3. The summed E-state index contributed by atoms with van der Waals surface area (Å²) in [7, 11) is 0. The quantitative estimate of drug-likeness (QED) is 0.186. The number of hydrogen-bond donors (Lipinski definition) is 0. The van der Waals surface area contributed by atoms with Gasteiger partial charge in [0.25, 0.3) is 0 Å². The number of rotatable bonds is 5. The molecule has 0 N–H and O–H groups in total. The Labute approximate surface area is 297 Å². The van der Waals surface area contributed by atoms with Gasteiger partial charge >= 0.3 is 0 Å². The average Bonchev–Trinajstić information content (AvgIpc) is 3.42. The molecule has 0 saturated carbocycles. The van der Waals surface area contributed by atoms with Crippen molar-refractivity contribution in [1.82, 2.24) is 15.0 Å². The van der Waals surface area contributed by atoms with Crippen molar-refractivity contribution in [3.05, 3.63) is 174 Å². The Balaban J connectivity index is 1.16. The van der Waals surface area contributed by atoms with Gasteiger partial charge in [0.1, 0.15) is 0 Å². The SMILES string of the molecule is CC1(C)c2cc(C#N)ccc2-c2ccc(-c3c(-c4ccc(-c5nc(-c6ccccc6)nc(-c6ccccc6)n5)cc4)ccc4ccccc34)cc21. The summed E-state index contributed by atoms with van der Waals surface area (Å²) in [5.74, 6) is 1.92. The van der Waals surface area contributed by atoms with Gasteiger partial charge in [-0.3, -0.25) is 0 Å². The minimum atomic E-state index is -0.234. The van der Waals surface area contributed by atoms with Gasteiger partial charge in [-0.15, -0.1) is 0 Å². The van der Waals surface area contributed by atoms with E-state index in [0.717, 1.165) is 27.8 Å². The van der Waals surface area contributed by atoms with Gasteiger partial charge < -0.3 is 0 Å². The Morgan fingerprint density at radius 3 is 1.57 bits per heavy atom. The van der Waals surface area contributed by atoms with Crippen molar-refractivity contribution in [3.63, 3.8) is 0 Å². The summed E-state index contributed by atoms with van der Waals surface area (Å²) < 4.78 is 0. The molecule has 1 aliphatic carbocycles. The minimum absolute atomic E-state index is 0.234. The molecule has 51 heavy (non-hydrogen) atoms. The zero-order valence-electron chi connectivity index (χ0n) is 28.3. The molecule has 1 aliphatic rings. The predicted octanol–water partition coefficient (Wildman–Crippen LogP) is 11.5. The van der Waals surface area contributed by atoms with Crippen LogP contribution in [0.25, 0.3) is 78.3 Å². The maximum absolute atomic E-state index is 9.63. The van der Waals surface area contributed by atoms with Crippen molar-refractivity contribution in [2.45, 2.75) is 19.3 Å². The molecule has 0 saturated heterocycles. The first-order valence-electron chi connectivity index (χ1n) is 17.2. The van der Waals surface area contributed by atoms with Crippen LogP contribution in [-0.4, -0.2) is 15.0 Å². The minimum Gasteiger partial charge on any atom is -0.208 e. The van der Waals surface area contributed by atoms with Crippen LogP contribution >= 0.6 is 0 Å². The summed E-state index contributed by atoms with van der Waals surface area (Å²) in [6.45, 7) is 4.53. The van der Waals surface area contributed by atoms with E-state index in [1.807, 2.05) is 66.7 Å². The van der Waals surface area contributed by atoms with E-state index < -0.39 is 0 Å².